The fourth-order valence-electron chi connectivity index (χ4n) is 3.97. The highest BCUT2D eigenvalue weighted by molar-refractivity contribution is 6.02. The molecule has 2 heteroatoms. The van der Waals surface area contributed by atoms with Gasteiger partial charge in [-0.3, -0.25) is 0 Å². The highest BCUT2D eigenvalue weighted by Gasteiger charge is 2.23. The minimum Gasteiger partial charge on any atom is -0.350 e. The zero-order chi connectivity index (χ0) is 16.6. The summed E-state index contributed by atoms with van der Waals surface area (Å²) in [7, 11) is 0. The molecule has 0 radical (unpaired) electrons. The van der Waals surface area contributed by atoms with Crippen molar-refractivity contribution in [2.24, 2.45) is 0 Å². The van der Waals surface area contributed by atoms with Crippen LogP contribution in [0.2, 0.25) is 0 Å². The summed E-state index contributed by atoms with van der Waals surface area (Å²) < 4.78 is 0. The maximum atomic E-state index is 3.65. The molecular weight excluding hydrogens is 292 g/mol. The second-order valence-electron chi connectivity index (χ2n) is 7.26. The van der Waals surface area contributed by atoms with Crippen molar-refractivity contribution in [1.82, 2.24) is 4.98 Å². The topological polar surface area (TPSA) is 29.8 Å². The van der Waals surface area contributed by atoms with Crippen molar-refractivity contribution in [3.63, 3.8) is 0 Å². The number of unbranched alkanes of at least 4 members (excludes halogenated alkanes) is 8. The molecule has 24 heavy (non-hydrogen) atoms. The van der Waals surface area contributed by atoms with E-state index in [1.807, 2.05) is 0 Å². The Morgan fingerprint density at radius 2 is 1.62 bits per heavy atom. The number of para-hydroxylation sites is 1. The Balaban J connectivity index is 1.43. The normalized spacial score (nSPS) is 14.0. The van der Waals surface area contributed by atoms with Crippen molar-refractivity contribution in [3.8, 4) is 0 Å². The summed E-state index contributed by atoms with van der Waals surface area (Å²) in [5.41, 5.74) is 5.63. The van der Waals surface area contributed by atoms with Crippen molar-refractivity contribution < 1.29 is 4.99 Å². The molecule has 1 aliphatic rings. The van der Waals surface area contributed by atoms with E-state index in [2.05, 4.69) is 41.2 Å². The molecular formula is C22H33N2+. The number of fused-ring (bicyclic) bond motifs is 3. The number of nitrogens with one attached hydrogen (secondary N) is 2. The van der Waals surface area contributed by atoms with Gasteiger partial charge in [-0.15, -0.1) is 0 Å². The predicted octanol–water partition coefficient (Wildman–Crippen LogP) is 4.51. The lowest BCUT2D eigenvalue weighted by Gasteiger charge is -2.08. The Bertz CT molecular complexity index is 666. The van der Waals surface area contributed by atoms with E-state index in [9.17, 15) is 0 Å². The van der Waals surface area contributed by atoms with Crippen LogP contribution in [0.4, 0.5) is 0 Å². The summed E-state index contributed by atoms with van der Waals surface area (Å²) in [6, 6.07) is 8.73. The van der Waals surface area contributed by atoms with E-state index in [1.165, 1.54) is 92.1 Å². The van der Waals surface area contributed by atoms with Gasteiger partial charge in [0.25, 0.3) is 0 Å². The van der Waals surface area contributed by atoms with Gasteiger partial charge in [0.15, 0.2) is 5.71 Å². The number of H-pyrrole nitrogens is 1. The number of aromatic amines is 1. The van der Waals surface area contributed by atoms with E-state index in [4.69, 9.17) is 0 Å². The fraction of sp³-hybridized carbons (Fsp3) is 0.591. The maximum absolute atomic E-state index is 3.65. The second-order valence-corrected chi connectivity index (χ2v) is 7.26. The first-order chi connectivity index (χ1) is 11.9. The van der Waals surface area contributed by atoms with E-state index in [1.54, 1.807) is 0 Å². The molecule has 3 rings (SSSR count). The van der Waals surface area contributed by atoms with Gasteiger partial charge in [0.1, 0.15) is 12.2 Å². The Hall–Kier alpha value is -1.57. The highest BCUT2D eigenvalue weighted by atomic mass is 14.8. The summed E-state index contributed by atoms with van der Waals surface area (Å²) in [5.74, 6) is 0. The van der Waals surface area contributed by atoms with Crippen molar-refractivity contribution in [2.75, 3.05) is 6.54 Å². The first kappa shape index (κ1) is 17.3. The minimum atomic E-state index is 1.08. The molecule has 0 aliphatic carbocycles. The lowest BCUT2D eigenvalue weighted by molar-refractivity contribution is -0.459. The molecule has 2 aromatic rings. The third-order valence-electron chi connectivity index (χ3n) is 5.36. The van der Waals surface area contributed by atoms with Crippen molar-refractivity contribution in [3.05, 3.63) is 35.5 Å². The largest absolute Gasteiger partial charge is 0.350 e. The number of aromatic nitrogens is 1. The first-order valence-corrected chi connectivity index (χ1v) is 10.1. The average Bonchev–Trinajstić information content (AvgIpc) is 3.00. The number of benzene rings is 1. The third-order valence-corrected chi connectivity index (χ3v) is 5.36. The van der Waals surface area contributed by atoms with Crippen molar-refractivity contribution >= 4 is 16.6 Å². The van der Waals surface area contributed by atoms with Crippen LogP contribution in [0.5, 0.6) is 0 Å². The zero-order valence-electron chi connectivity index (χ0n) is 15.3. The van der Waals surface area contributed by atoms with Crippen LogP contribution in [-0.4, -0.2) is 17.2 Å². The quantitative estimate of drug-likeness (QED) is 0.602. The Labute approximate surface area is 146 Å². The van der Waals surface area contributed by atoms with Gasteiger partial charge in [-0.2, -0.15) is 0 Å². The predicted molar refractivity (Wildman–Crippen MR) is 104 cm³/mol. The molecule has 0 amide bonds. The van der Waals surface area contributed by atoms with Crippen molar-refractivity contribution in [2.45, 2.75) is 77.6 Å². The van der Waals surface area contributed by atoms with Crippen LogP contribution in [0.3, 0.4) is 0 Å². The Morgan fingerprint density at radius 1 is 0.917 bits per heavy atom. The molecule has 1 aliphatic heterocycles. The number of hydrogen-bond donors (Lipinski definition) is 2. The van der Waals surface area contributed by atoms with Gasteiger partial charge < -0.3 is 4.98 Å². The molecule has 0 spiro atoms. The molecule has 1 aromatic heterocycles. The molecule has 2 N–H and O–H groups in total. The molecule has 2 heterocycles. The number of rotatable bonds is 10. The smallest absolute Gasteiger partial charge is 0.198 e. The molecule has 1 aromatic carbocycles. The Kier molecular flexibility index (Phi) is 6.51. The van der Waals surface area contributed by atoms with Gasteiger partial charge in [0, 0.05) is 23.7 Å². The van der Waals surface area contributed by atoms with E-state index in [0.29, 0.717) is 0 Å². The Morgan fingerprint density at radius 3 is 2.42 bits per heavy atom. The summed E-state index contributed by atoms with van der Waals surface area (Å²) in [4.78, 5) is 7.29. The summed E-state index contributed by atoms with van der Waals surface area (Å²) >= 11 is 0. The van der Waals surface area contributed by atoms with Gasteiger partial charge in [0.05, 0.1) is 0 Å². The van der Waals surface area contributed by atoms with Gasteiger partial charge >= 0.3 is 0 Å². The van der Waals surface area contributed by atoms with E-state index >= 15 is 0 Å². The molecule has 2 nitrogen and oxygen atoms in total. The lowest BCUT2D eigenvalue weighted by Crippen LogP contribution is -2.75. The van der Waals surface area contributed by atoms with Gasteiger partial charge in [0.2, 0.25) is 0 Å². The molecule has 0 saturated heterocycles. The number of hydrogen-bond acceptors (Lipinski definition) is 0. The highest BCUT2D eigenvalue weighted by Crippen LogP contribution is 2.24. The fourth-order valence-corrected chi connectivity index (χ4v) is 3.97. The van der Waals surface area contributed by atoms with Crippen LogP contribution in [-0.2, 0) is 6.42 Å². The molecule has 0 fully saturated rings. The molecule has 0 saturated carbocycles. The van der Waals surface area contributed by atoms with Crippen LogP contribution < -0.4 is 4.99 Å². The monoisotopic (exact) mass is 325 g/mol. The van der Waals surface area contributed by atoms with Crippen LogP contribution in [0, 0.1) is 0 Å². The average molecular weight is 326 g/mol. The molecule has 130 valence electrons. The zero-order valence-corrected chi connectivity index (χ0v) is 15.3. The summed E-state index contributed by atoms with van der Waals surface area (Å²) in [6.07, 6.45) is 14.9. The maximum Gasteiger partial charge on any atom is 0.198 e. The van der Waals surface area contributed by atoms with E-state index < -0.39 is 0 Å². The third kappa shape index (κ3) is 4.28. The van der Waals surface area contributed by atoms with Crippen LogP contribution in [0.15, 0.2) is 24.3 Å². The molecule has 0 bridgehead atoms. The summed E-state index contributed by atoms with van der Waals surface area (Å²) in [6.45, 7) is 3.37. The van der Waals surface area contributed by atoms with Crippen LogP contribution in [0.25, 0.3) is 10.9 Å². The van der Waals surface area contributed by atoms with Gasteiger partial charge in [-0.25, -0.2) is 4.99 Å². The van der Waals surface area contributed by atoms with Crippen molar-refractivity contribution in [1.29, 1.82) is 0 Å². The van der Waals surface area contributed by atoms with E-state index in [-0.39, 0.29) is 0 Å². The first-order valence-electron chi connectivity index (χ1n) is 10.1. The SMILES string of the molecule is CCCCCCCCCCCC1=[NH+]CCc2c1[nH]c1ccccc21. The molecule has 0 unspecified atom stereocenters. The minimum absolute atomic E-state index is 1.08. The van der Waals surface area contributed by atoms with E-state index in [0.717, 1.165) is 13.0 Å². The second kappa shape index (κ2) is 9.05. The van der Waals surface area contributed by atoms with Crippen LogP contribution >= 0.6 is 0 Å². The van der Waals surface area contributed by atoms with Gasteiger partial charge in [-0.05, 0) is 18.1 Å². The van der Waals surface area contributed by atoms with Crippen LogP contribution in [0.1, 0.15) is 82.4 Å². The molecule has 0 atom stereocenters. The lowest BCUT2D eigenvalue weighted by atomic mass is 9.98. The standard InChI is InChI=1S/C22H32N2/c1-2-3-4-5-6-7-8-9-10-15-21-22-19(16-17-23-21)18-13-11-12-14-20(18)24-22/h11-14,24H,2-10,15-17H2,1H3/p+1. The summed E-state index contributed by atoms with van der Waals surface area (Å²) in [5, 5.41) is 1.42. The van der Waals surface area contributed by atoms with Gasteiger partial charge in [-0.1, -0.05) is 76.5 Å².